The van der Waals surface area contributed by atoms with Gasteiger partial charge in [0.2, 0.25) is 6.30 Å². The number of unbranched alkanes of at least 4 members (excludes halogenated alkanes) is 2. The van der Waals surface area contributed by atoms with E-state index in [1.54, 1.807) is 0 Å². The molecule has 0 fully saturated rings. The van der Waals surface area contributed by atoms with Gasteiger partial charge in [-0.15, -0.1) is 0 Å². The van der Waals surface area contributed by atoms with E-state index in [9.17, 15) is 13.2 Å². The van der Waals surface area contributed by atoms with Gasteiger partial charge in [-0.25, -0.2) is 13.2 Å². The minimum absolute atomic E-state index is 0.333. The Balaban J connectivity index is 3.10. The van der Waals surface area contributed by atoms with Gasteiger partial charge in [-0.1, -0.05) is 19.8 Å². The van der Waals surface area contributed by atoms with Gasteiger partial charge in [0.05, 0.1) is 0 Å². The van der Waals surface area contributed by atoms with Crippen molar-refractivity contribution in [1.82, 2.24) is 5.32 Å². The molecule has 0 aromatic heterocycles. The van der Waals surface area contributed by atoms with Crippen molar-refractivity contribution in [3.8, 4) is 0 Å². The zero-order chi connectivity index (χ0) is 8.69. The van der Waals surface area contributed by atoms with Crippen molar-refractivity contribution in [2.45, 2.75) is 38.9 Å². The summed E-state index contributed by atoms with van der Waals surface area (Å²) in [6, 6.07) is 0. The third-order valence-electron chi connectivity index (χ3n) is 1.34. The van der Waals surface area contributed by atoms with Crippen molar-refractivity contribution in [2.75, 3.05) is 6.54 Å². The van der Waals surface area contributed by atoms with Crippen molar-refractivity contribution in [3.63, 3.8) is 0 Å². The molecule has 1 atom stereocenters. The first kappa shape index (κ1) is 10.8. The van der Waals surface area contributed by atoms with Gasteiger partial charge >= 0.3 is 0 Å². The first-order valence-electron chi connectivity index (χ1n) is 3.84. The average molecular weight is 169 g/mol. The SMILES string of the molecule is CCCCCNC(F)C(F)F. The molecular weight excluding hydrogens is 155 g/mol. The summed E-state index contributed by atoms with van der Waals surface area (Å²) in [5.74, 6) is 0. The largest absolute Gasteiger partial charge is 0.283 e. The Morgan fingerprint density at radius 1 is 1.18 bits per heavy atom. The number of nitrogens with one attached hydrogen (secondary N) is 1. The predicted octanol–water partition coefficient (Wildman–Crippen LogP) is 2.33. The van der Waals surface area contributed by atoms with Gasteiger partial charge in [0, 0.05) is 0 Å². The molecule has 1 nitrogen and oxygen atoms in total. The van der Waals surface area contributed by atoms with Crippen LogP contribution >= 0.6 is 0 Å². The molecule has 0 saturated heterocycles. The van der Waals surface area contributed by atoms with Gasteiger partial charge < -0.3 is 0 Å². The van der Waals surface area contributed by atoms with E-state index < -0.39 is 12.7 Å². The summed E-state index contributed by atoms with van der Waals surface area (Å²) in [5.41, 5.74) is 0. The van der Waals surface area contributed by atoms with E-state index in [2.05, 4.69) is 5.32 Å². The quantitative estimate of drug-likeness (QED) is 0.475. The van der Waals surface area contributed by atoms with Crippen LogP contribution in [-0.2, 0) is 0 Å². The van der Waals surface area contributed by atoms with Crippen LogP contribution < -0.4 is 5.32 Å². The Labute approximate surface area is 65.0 Å². The van der Waals surface area contributed by atoms with Crippen molar-refractivity contribution in [2.24, 2.45) is 0 Å². The highest BCUT2D eigenvalue weighted by Gasteiger charge is 2.16. The lowest BCUT2D eigenvalue weighted by Crippen LogP contribution is -2.31. The van der Waals surface area contributed by atoms with E-state index in [4.69, 9.17) is 0 Å². The Hall–Kier alpha value is -0.250. The zero-order valence-corrected chi connectivity index (χ0v) is 6.62. The highest BCUT2D eigenvalue weighted by atomic mass is 19.3. The smallest absolute Gasteiger partial charge is 0.282 e. The highest BCUT2D eigenvalue weighted by Crippen LogP contribution is 2.01. The van der Waals surface area contributed by atoms with Gasteiger partial charge in [0.25, 0.3) is 6.43 Å². The summed E-state index contributed by atoms with van der Waals surface area (Å²) >= 11 is 0. The normalized spacial score (nSPS) is 13.9. The maximum Gasteiger partial charge on any atom is 0.282 e. The Bertz CT molecular complexity index is 87.8. The Morgan fingerprint density at radius 2 is 1.82 bits per heavy atom. The second kappa shape index (κ2) is 6.46. The van der Waals surface area contributed by atoms with Gasteiger partial charge in [0.1, 0.15) is 0 Å². The number of halogens is 3. The number of hydrogen-bond donors (Lipinski definition) is 1. The summed E-state index contributed by atoms with van der Waals surface area (Å²) in [4.78, 5) is 0. The van der Waals surface area contributed by atoms with Gasteiger partial charge in [-0.05, 0) is 13.0 Å². The molecule has 0 bridgehead atoms. The second-order valence-corrected chi connectivity index (χ2v) is 2.40. The van der Waals surface area contributed by atoms with Crippen LogP contribution in [0.2, 0.25) is 0 Å². The lowest BCUT2D eigenvalue weighted by atomic mass is 10.2. The molecule has 0 radical (unpaired) electrons. The van der Waals surface area contributed by atoms with E-state index in [-0.39, 0.29) is 0 Å². The van der Waals surface area contributed by atoms with Gasteiger partial charge in [-0.2, -0.15) is 0 Å². The molecular formula is C7H14F3N. The molecule has 4 heteroatoms. The van der Waals surface area contributed by atoms with E-state index in [1.807, 2.05) is 6.92 Å². The van der Waals surface area contributed by atoms with E-state index in [1.165, 1.54) is 0 Å². The molecule has 0 spiro atoms. The van der Waals surface area contributed by atoms with Crippen LogP contribution in [0.15, 0.2) is 0 Å². The van der Waals surface area contributed by atoms with Crippen molar-refractivity contribution >= 4 is 0 Å². The van der Waals surface area contributed by atoms with Crippen LogP contribution in [0.3, 0.4) is 0 Å². The average Bonchev–Trinajstić information content (AvgIpc) is 1.97. The second-order valence-electron chi connectivity index (χ2n) is 2.40. The maximum atomic E-state index is 12.1. The minimum atomic E-state index is -2.91. The molecule has 0 amide bonds. The third kappa shape index (κ3) is 6.16. The molecule has 11 heavy (non-hydrogen) atoms. The molecule has 0 aliphatic carbocycles. The molecule has 0 aromatic rings. The molecule has 0 aliphatic rings. The molecule has 0 rings (SSSR count). The predicted molar refractivity (Wildman–Crippen MR) is 38.4 cm³/mol. The number of rotatable bonds is 6. The highest BCUT2D eigenvalue weighted by molar-refractivity contribution is 4.55. The standard InChI is InChI=1S/C7H14F3N/c1-2-3-4-5-11-7(10)6(8)9/h6-7,11H,2-5H2,1H3. The van der Waals surface area contributed by atoms with Crippen molar-refractivity contribution < 1.29 is 13.2 Å². The fourth-order valence-electron chi connectivity index (χ4n) is 0.704. The molecule has 0 aliphatic heterocycles. The Morgan fingerprint density at radius 3 is 2.27 bits per heavy atom. The van der Waals surface area contributed by atoms with E-state index >= 15 is 0 Å². The first-order valence-corrected chi connectivity index (χ1v) is 3.84. The monoisotopic (exact) mass is 169 g/mol. The Kier molecular flexibility index (Phi) is 6.31. The summed E-state index contributed by atoms with van der Waals surface area (Å²) in [7, 11) is 0. The summed E-state index contributed by atoms with van der Waals surface area (Å²) in [6.07, 6.45) is -2.36. The molecule has 0 saturated carbocycles. The lowest BCUT2D eigenvalue weighted by molar-refractivity contribution is 0.0308. The van der Waals surface area contributed by atoms with Crippen LogP contribution in [0.1, 0.15) is 26.2 Å². The summed E-state index contributed by atoms with van der Waals surface area (Å²) < 4.78 is 35.1. The van der Waals surface area contributed by atoms with E-state index in [0.717, 1.165) is 19.3 Å². The van der Waals surface area contributed by atoms with Crippen LogP contribution in [0, 0.1) is 0 Å². The van der Waals surface area contributed by atoms with Crippen molar-refractivity contribution in [3.05, 3.63) is 0 Å². The van der Waals surface area contributed by atoms with E-state index in [0.29, 0.717) is 6.54 Å². The van der Waals surface area contributed by atoms with Crippen molar-refractivity contribution in [1.29, 1.82) is 0 Å². The van der Waals surface area contributed by atoms with Crippen LogP contribution in [-0.4, -0.2) is 19.3 Å². The molecule has 1 unspecified atom stereocenters. The summed E-state index contributed by atoms with van der Waals surface area (Å²) in [6.45, 7) is 2.33. The lowest BCUT2D eigenvalue weighted by Gasteiger charge is -2.08. The molecule has 0 aromatic carbocycles. The van der Waals surface area contributed by atoms with Crippen LogP contribution in [0.25, 0.3) is 0 Å². The van der Waals surface area contributed by atoms with Gasteiger partial charge in [0.15, 0.2) is 0 Å². The first-order chi connectivity index (χ1) is 5.18. The molecule has 1 N–H and O–H groups in total. The van der Waals surface area contributed by atoms with Crippen LogP contribution in [0.5, 0.6) is 0 Å². The fraction of sp³-hybridized carbons (Fsp3) is 1.00. The van der Waals surface area contributed by atoms with Gasteiger partial charge in [-0.3, -0.25) is 5.32 Å². The molecule has 68 valence electrons. The number of hydrogen-bond acceptors (Lipinski definition) is 1. The minimum Gasteiger partial charge on any atom is -0.283 e. The fourth-order valence-corrected chi connectivity index (χ4v) is 0.704. The third-order valence-corrected chi connectivity index (χ3v) is 1.34. The number of alkyl halides is 3. The molecule has 0 heterocycles. The maximum absolute atomic E-state index is 12.1. The van der Waals surface area contributed by atoms with Crippen LogP contribution in [0.4, 0.5) is 13.2 Å². The topological polar surface area (TPSA) is 12.0 Å². The zero-order valence-electron chi connectivity index (χ0n) is 6.62. The summed E-state index contributed by atoms with van der Waals surface area (Å²) in [5, 5.41) is 2.10.